The van der Waals surface area contributed by atoms with Gasteiger partial charge in [-0.25, -0.2) is 8.78 Å². The molecule has 1 saturated heterocycles. The topological polar surface area (TPSA) is 91.7 Å². The summed E-state index contributed by atoms with van der Waals surface area (Å²) < 4.78 is 29.2. The van der Waals surface area contributed by atoms with E-state index in [1.54, 1.807) is 6.07 Å². The average Bonchev–Trinajstić information content (AvgIpc) is 3.14. The second-order valence-electron chi connectivity index (χ2n) is 9.06. The third-order valence-electron chi connectivity index (χ3n) is 5.35. The minimum absolute atomic E-state index is 0.0536. The van der Waals surface area contributed by atoms with Crippen LogP contribution in [0.2, 0.25) is 0 Å². The zero-order valence-electron chi connectivity index (χ0n) is 17.9. The van der Waals surface area contributed by atoms with Crippen molar-refractivity contribution in [2.45, 2.75) is 57.7 Å². The van der Waals surface area contributed by atoms with E-state index in [0.29, 0.717) is 5.69 Å². The van der Waals surface area contributed by atoms with E-state index in [1.165, 1.54) is 18.3 Å². The molecule has 0 unspecified atom stereocenters. The van der Waals surface area contributed by atoms with Crippen LogP contribution in [0.4, 0.5) is 8.78 Å². The highest BCUT2D eigenvalue weighted by molar-refractivity contribution is 8.26. The van der Waals surface area contributed by atoms with Gasteiger partial charge >= 0.3 is 0 Å². The Morgan fingerprint density at radius 3 is 2.30 bits per heavy atom. The van der Waals surface area contributed by atoms with Crippen molar-refractivity contribution >= 4 is 22.0 Å². The van der Waals surface area contributed by atoms with Crippen molar-refractivity contribution in [2.75, 3.05) is 7.05 Å². The van der Waals surface area contributed by atoms with Crippen LogP contribution in [-0.4, -0.2) is 49.5 Å². The first-order chi connectivity index (χ1) is 13.9. The molecular formula is C21H28F2N6S. The molecule has 0 saturated carbocycles. The van der Waals surface area contributed by atoms with Crippen LogP contribution >= 0.6 is 11.8 Å². The molecule has 30 heavy (non-hydrogen) atoms. The number of hydrogen-bond donors (Lipinski definition) is 4. The van der Waals surface area contributed by atoms with E-state index in [2.05, 4.69) is 43.2 Å². The largest absolute Gasteiger partial charge is 0.351 e. The summed E-state index contributed by atoms with van der Waals surface area (Å²) in [6, 6.07) is 4.44. The van der Waals surface area contributed by atoms with Gasteiger partial charge in [-0.1, -0.05) is 0 Å². The summed E-state index contributed by atoms with van der Waals surface area (Å²) in [5.41, 5.74) is 0.0804. The molecule has 0 radical (unpaired) electrons. The highest BCUT2D eigenvalue weighted by Crippen LogP contribution is 2.33. The van der Waals surface area contributed by atoms with E-state index >= 15 is 0 Å². The van der Waals surface area contributed by atoms with Crippen LogP contribution in [0.25, 0.3) is 11.3 Å². The van der Waals surface area contributed by atoms with Gasteiger partial charge in [0, 0.05) is 41.5 Å². The van der Waals surface area contributed by atoms with Crippen LogP contribution in [0.5, 0.6) is 0 Å². The molecule has 6 nitrogen and oxygen atoms in total. The molecular weight excluding hydrogens is 406 g/mol. The fourth-order valence-electron chi connectivity index (χ4n) is 4.27. The fraction of sp³-hybridized carbons (Fsp3) is 0.476. The number of aromatic nitrogens is 2. The number of rotatable bonds is 3. The lowest BCUT2D eigenvalue weighted by Gasteiger charge is -2.49. The molecule has 1 aliphatic rings. The van der Waals surface area contributed by atoms with E-state index < -0.39 is 11.6 Å². The second kappa shape index (κ2) is 8.11. The van der Waals surface area contributed by atoms with Crippen LogP contribution in [0, 0.1) is 22.5 Å². The molecule has 0 spiro atoms. The Hall–Kier alpha value is -2.26. The van der Waals surface area contributed by atoms with Gasteiger partial charge in [0.2, 0.25) is 0 Å². The van der Waals surface area contributed by atoms with Gasteiger partial charge in [-0.2, -0.15) is 5.10 Å². The van der Waals surface area contributed by atoms with Crippen LogP contribution in [0.15, 0.2) is 24.4 Å². The first kappa shape index (κ1) is 22.4. The standard InChI is InChI=1S/C21H28F2N6S/c1-20(2)10-12(11-21(3,4)28-20)29(5)19(25)30-18(24)14-7-6-13(16(22)17(14)23)15-8-9-26-27-15/h6-9,12,24-25,28H,10-11H2,1-5H3,(H,26,27). The van der Waals surface area contributed by atoms with Crippen molar-refractivity contribution in [3.05, 3.63) is 41.6 Å². The molecule has 0 aliphatic carbocycles. The number of H-pyrrole nitrogens is 1. The number of piperidine rings is 1. The minimum atomic E-state index is -1.10. The summed E-state index contributed by atoms with van der Waals surface area (Å²) in [5, 5.41) is 26.6. The van der Waals surface area contributed by atoms with E-state index in [4.69, 9.17) is 10.8 Å². The molecule has 1 fully saturated rings. The van der Waals surface area contributed by atoms with Crippen molar-refractivity contribution in [1.29, 1.82) is 10.8 Å². The lowest BCUT2D eigenvalue weighted by molar-refractivity contribution is 0.114. The van der Waals surface area contributed by atoms with Crippen LogP contribution in [0.1, 0.15) is 46.1 Å². The quantitative estimate of drug-likeness (QED) is 0.420. The average molecular weight is 435 g/mol. The first-order valence-electron chi connectivity index (χ1n) is 9.75. The number of hydrogen-bond acceptors (Lipinski definition) is 5. The van der Waals surface area contributed by atoms with Gasteiger partial charge in [0.1, 0.15) is 5.04 Å². The lowest BCUT2D eigenvalue weighted by Crippen LogP contribution is -2.62. The van der Waals surface area contributed by atoms with Crippen molar-refractivity contribution in [3.8, 4) is 11.3 Å². The molecule has 3 rings (SSSR count). The Balaban J connectivity index is 1.74. The SMILES string of the molecule is CN(C(=N)SC(=N)c1ccc(-c2ccn[nH]2)c(F)c1F)C1CC(C)(C)NC(C)(C)C1. The maximum Gasteiger partial charge on any atom is 0.169 e. The van der Waals surface area contributed by atoms with Gasteiger partial charge in [-0.15, -0.1) is 0 Å². The molecule has 1 aliphatic heterocycles. The van der Waals surface area contributed by atoms with Gasteiger partial charge in [0.05, 0.1) is 5.69 Å². The smallest absolute Gasteiger partial charge is 0.169 e. The Bertz CT molecular complexity index is 939. The monoisotopic (exact) mass is 434 g/mol. The maximum atomic E-state index is 14.7. The first-order valence-corrected chi connectivity index (χ1v) is 10.6. The van der Waals surface area contributed by atoms with Crippen molar-refractivity contribution < 1.29 is 8.78 Å². The number of halogens is 2. The summed E-state index contributed by atoms with van der Waals surface area (Å²) in [6.07, 6.45) is 3.13. The molecule has 0 amide bonds. The second-order valence-corrected chi connectivity index (χ2v) is 10.1. The number of thioether (sulfide) groups is 1. The molecule has 1 aromatic carbocycles. The van der Waals surface area contributed by atoms with Gasteiger partial charge in [-0.05, 0) is 70.5 Å². The summed E-state index contributed by atoms with van der Waals surface area (Å²) in [7, 11) is 1.82. The number of amidine groups is 1. The van der Waals surface area contributed by atoms with E-state index in [1.807, 2.05) is 11.9 Å². The van der Waals surface area contributed by atoms with Gasteiger partial charge in [-0.3, -0.25) is 15.9 Å². The summed E-state index contributed by atoms with van der Waals surface area (Å²) in [6.45, 7) is 8.53. The summed E-state index contributed by atoms with van der Waals surface area (Å²) in [5.74, 6) is -2.14. The van der Waals surface area contributed by atoms with Gasteiger partial charge in [0.25, 0.3) is 0 Å². The fourth-order valence-corrected chi connectivity index (χ4v) is 5.02. The molecule has 1 aromatic heterocycles. The molecule has 0 atom stereocenters. The van der Waals surface area contributed by atoms with Crippen LogP contribution in [-0.2, 0) is 0 Å². The maximum absolute atomic E-state index is 14.7. The predicted molar refractivity (Wildman–Crippen MR) is 118 cm³/mol. The van der Waals surface area contributed by atoms with Gasteiger partial charge in [0.15, 0.2) is 16.8 Å². The van der Waals surface area contributed by atoms with Gasteiger partial charge < -0.3 is 10.2 Å². The van der Waals surface area contributed by atoms with Crippen molar-refractivity contribution in [1.82, 2.24) is 20.4 Å². The molecule has 162 valence electrons. The molecule has 4 N–H and O–H groups in total. The number of benzene rings is 1. The number of nitrogens with one attached hydrogen (secondary N) is 4. The van der Waals surface area contributed by atoms with E-state index in [-0.39, 0.29) is 38.5 Å². The number of aromatic amines is 1. The molecule has 2 aromatic rings. The zero-order chi connectivity index (χ0) is 22.3. The highest BCUT2D eigenvalue weighted by Gasteiger charge is 2.39. The molecule has 9 heteroatoms. The normalized spacial score (nSPS) is 18.2. The minimum Gasteiger partial charge on any atom is -0.351 e. The van der Waals surface area contributed by atoms with E-state index in [9.17, 15) is 8.78 Å². The molecule has 2 heterocycles. The van der Waals surface area contributed by atoms with Crippen LogP contribution < -0.4 is 5.32 Å². The Kier molecular flexibility index (Phi) is 6.06. The summed E-state index contributed by atoms with van der Waals surface area (Å²) in [4.78, 5) is 1.83. The molecule has 0 bridgehead atoms. The van der Waals surface area contributed by atoms with E-state index in [0.717, 1.165) is 24.6 Å². The highest BCUT2D eigenvalue weighted by atomic mass is 32.2. The van der Waals surface area contributed by atoms with Crippen molar-refractivity contribution in [2.24, 2.45) is 0 Å². The Morgan fingerprint density at radius 1 is 1.10 bits per heavy atom. The lowest BCUT2D eigenvalue weighted by atomic mass is 9.79. The third-order valence-corrected chi connectivity index (χ3v) is 6.26. The summed E-state index contributed by atoms with van der Waals surface area (Å²) >= 11 is 0.826. The van der Waals surface area contributed by atoms with Crippen LogP contribution in [0.3, 0.4) is 0 Å². The Labute approximate surface area is 179 Å². The predicted octanol–water partition coefficient (Wildman–Crippen LogP) is 4.59. The number of nitrogens with zero attached hydrogens (tertiary/aromatic N) is 2. The third kappa shape index (κ3) is 4.73. The zero-order valence-corrected chi connectivity index (χ0v) is 18.7. The van der Waals surface area contributed by atoms with Crippen molar-refractivity contribution in [3.63, 3.8) is 0 Å². The Morgan fingerprint density at radius 2 is 1.73 bits per heavy atom.